The van der Waals surface area contributed by atoms with Gasteiger partial charge in [0.25, 0.3) is 5.91 Å². The van der Waals surface area contributed by atoms with Crippen molar-refractivity contribution in [3.8, 4) is 0 Å². The second-order valence-electron chi connectivity index (χ2n) is 4.83. The number of hydrogen-bond acceptors (Lipinski definition) is 4. The predicted octanol–water partition coefficient (Wildman–Crippen LogP) is 1.26. The highest BCUT2D eigenvalue weighted by atomic mass is 16.5. The summed E-state index contributed by atoms with van der Waals surface area (Å²) in [6.07, 6.45) is 2.23. The van der Waals surface area contributed by atoms with Gasteiger partial charge in [0, 0.05) is 5.56 Å². The molecule has 1 rings (SSSR count). The summed E-state index contributed by atoms with van der Waals surface area (Å²) < 4.78 is 4.66. The van der Waals surface area contributed by atoms with Gasteiger partial charge in [0.2, 0.25) is 5.91 Å². The molecule has 0 aliphatic heterocycles. The van der Waals surface area contributed by atoms with E-state index in [0.717, 1.165) is 12.8 Å². The SMILES string of the molecule is CCCC[C@@H](NC(=O)CNC(=O)c1ccccc1)C(=O)OC. The number of methoxy groups -OCH3 is 1. The molecule has 6 heteroatoms. The summed E-state index contributed by atoms with van der Waals surface area (Å²) in [4.78, 5) is 35.2. The number of carbonyl (C=O) groups is 3. The van der Waals surface area contributed by atoms with Crippen molar-refractivity contribution in [2.75, 3.05) is 13.7 Å². The quantitative estimate of drug-likeness (QED) is 0.708. The van der Waals surface area contributed by atoms with E-state index in [4.69, 9.17) is 0 Å². The Bertz CT molecular complexity index is 502. The third-order valence-corrected chi connectivity index (χ3v) is 3.11. The lowest BCUT2D eigenvalue weighted by Gasteiger charge is -2.16. The Morgan fingerprint density at radius 2 is 1.86 bits per heavy atom. The maximum absolute atomic E-state index is 11.8. The molecule has 6 nitrogen and oxygen atoms in total. The lowest BCUT2D eigenvalue weighted by atomic mass is 10.1. The van der Waals surface area contributed by atoms with E-state index in [1.165, 1.54) is 7.11 Å². The fraction of sp³-hybridized carbons (Fsp3) is 0.438. The minimum absolute atomic E-state index is 0.187. The Labute approximate surface area is 130 Å². The van der Waals surface area contributed by atoms with Crippen molar-refractivity contribution in [3.05, 3.63) is 35.9 Å². The summed E-state index contributed by atoms with van der Waals surface area (Å²) in [7, 11) is 1.28. The van der Waals surface area contributed by atoms with Gasteiger partial charge < -0.3 is 15.4 Å². The van der Waals surface area contributed by atoms with Gasteiger partial charge in [0.15, 0.2) is 0 Å². The van der Waals surface area contributed by atoms with Crippen molar-refractivity contribution in [2.45, 2.75) is 32.2 Å². The van der Waals surface area contributed by atoms with E-state index in [-0.39, 0.29) is 12.5 Å². The average Bonchev–Trinajstić information content (AvgIpc) is 2.56. The number of nitrogens with one attached hydrogen (secondary N) is 2. The molecule has 0 fully saturated rings. The fourth-order valence-electron chi connectivity index (χ4n) is 1.90. The molecule has 0 spiro atoms. The molecule has 0 saturated heterocycles. The third-order valence-electron chi connectivity index (χ3n) is 3.11. The van der Waals surface area contributed by atoms with E-state index in [2.05, 4.69) is 15.4 Å². The summed E-state index contributed by atoms with van der Waals surface area (Å²) >= 11 is 0. The Morgan fingerprint density at radius 3 is 2.45 bits per heavy atom. The molecule has 0 aromatic heterocycles. The molecule has 0 bridgehead atoms. The van der Waals surface area contributed by atoms with Crippen molar-refractivity contribution in [2.24, 2.45) is 0 Å². The van der Waals surface area contributed by atoms with Crippen LogP contribution in [0.5, 0.6) is 0 Å². The van der Waals surface area contributed by atoms with Crippen LogP contribution in [-0.4, -0.2) is 37.5 Å². The van der Waals surface area contributed by atoms with Gasteiger partial charge in [-0.2, -0.15) is 0 Å². The summed E-state index contributed by atoms with van der Waals surface area (Å²) in [6.45, 7) is 1.81. The lowest BCUT2D eigenvalue weighted by molar-refractivity contribution is -0.145. The smallest absolute Gasteiger partial charge is 0.328 e. The monoisotopic (exact) mass is 306 g/mol. The standard InChI is InChI=1S/C16H22N2O4/c1-3-4-10-13(16(21)22-2)18-14(19)11-17-15(20)12-8-6-5-7-9-12/h5-9,13H,3-4,10-11H2,1-2H3,(H,17,20)(H,18,19)/t13-/m1/s1. The lowest BCUT2D eigenvalue weighted by Crippen LogP contribution is -2.46. The first-order valence-electron chi connectivity index (χ1n) is 7.29. The number of rotatable bonds is 8. The van der Waals surface area contributed by atoms with Crippen LogP contribution in [0.2, 0.25) is 0 Å². The molecule has 2 amide bonds. The summed E-state index contributed by atoms with van der Waals surface area (Å²) in [5.41, 5.74) is 0.478. The molecule has 2 N–H and O–H groups in total. The van der Waals surface area contributed by atoms with E-state index in [9.17, 15) is 14.4 Å². The highest BCUT2D eigenvalue weighted by Gasteiger charge is 2.20. The summed E-state index contributed by atoms with van der Waals surface area (Å²) in [5.74, 6) is -1.23. The molecule has 1 aromatic carbocycles. The first-order valence-corrected chi connectivity index (χ1v) is 7.29. The van der Waals surface area contributed by atoms with E-state index in [1.54, 1.807) is 30.3 Å². The molecular formula is C16H22N2O4. The minimum Gasteiger partial charge on any atom is -0.467 e. The molecule has 0 heterocycles. The predicted molar refractivity (Wildman–Crippen MR) is 82.2 cm³/mol. The zero-order valence-corrected chi connectivity index (χ0v) is 12.9. The van der Waals surface area contributed by atoms with Gasteiger partial charge in [-0.1, -0.05) is 38.0 Å². The van der Waals surface area contributed by atoms with Crippen LogP contribution in [0.3, 0.4) is 0 Å². The largest absolute Gasteiger partial charge is 0.467 e. The number of carbonyl (C=O) groups excluding carboxylic acids is 3. The maximum Gasteiger partial charge on any atom is 0.328 e. The molecule has 0 saturated carbocycles. The number of amides is 2. The Balaban J connectivity index is 2.46. The van der Waals surface area contributed by atoms with Crippen molar-refractivity contribution in [1.29, 1.82) is 0 Å². The van der Waals surface area contributed by atoms with Crippen LogP contribution in [0.4, 0.5) is 0 Å². The van der Waals surface area contributed by atoms with Crippen molar-refractivity contribution in [1.82, 2.24) is 10.6 Å². The van der Waals surface area contributed by atoms with Gasteiger partial charge in [0.05, 0.1) is 13.7 Å². The Hall–Kier alpha value is -2.37. The first-order chi connectivity index (χ1) is 10.6. The van der Waals surface area contributed by atoms with Gasteiger partial charge in [-0.25, -0.2) is 4.79 Å². The topological polar surface area (TPSA) is 84.5 Å². The Kier molecular flexibility index (Phi) is 7.67. The molecule has 1 atom stereocenters. The number of benzene rings is 1. The van der Waals surface area contributed by atoms with Crippen LogP contribution in [0.25, 0.3) is 0 Å². The van der Waals surface area contributed by atoms with Crippen LogP contribution in [-0.2, 0) is 14.3 Å². The molecule has 22 heavy (non-hydrogen) atoms. The highest BCUT2D eigenvalue weighted by molar-refractivity contribution is 5.96. The third kappa shape index (κ3) is 5.95. The van der Waals surface area contributed by atoms with Gasteiger partial charge in [-0.3, -0.25) is 9.59 Å². The minimum atomic E-state index is -0.675. The molecule has 0 aliphatic carbocycles. The number of unbranched alkanes of at least 4 members (excludes halogenated alkanes) is 1. The molecule has 1 aromatic rings. The molecule has 120 valence electrons. The first kappa shape index (κ1) is 17.7. The zero-order chi connectivity index (χ0) is 16.4. The fourth-order valence-corrected chi connectivity index (χ4v) is 1.90. The van der Waals surface area contributed by atoms with Crippen molar-refractivity contribution in [3.63, 3.8) is 0 Å². The van der Waals surface area contributed by atoms with Gasteiger partial charge in [0.1, 0.15) is 6.04 Å². The second kappa shape index (κ2) is 9.55. The average molecular weight is 306 g/mol. The van der Waals surface area contributed by atoms with E-state index in [1.807, 2.05) is 6.92 Å². The van der Waals surface area contributed by atoms with E-state index >= 15 is 0 Å². The van der Waals surface area contributed by atoms with Crippen molar-refractivity contribution < 1.29 is 19.1 Å². The van der Waals surface area contributed by atoms with Gasteiger partial charge in [-0.05, 0) is 18.6 Å². The van der Waals surface area contributed by atoms with Crippen LogP contribution >= 0.6 is 0 Å². The Morgan fingerprint density at radius 1 is 1.18 bits per heavy atom. The summed E-state index contributed by atoms with van der Waals surface area (Å²) in [6, 6.07) is 7.93. The van der Waals surface area contributed by atoms with Crippen LogP contribution in [0.15, 0.2) is 30.3 Å². The van der Waals surface area contributed by atoms with Gasteiger partial charge >= 0.3 is 5.97 Å². The molecule has 0 unspecified atom stereocenters. The van der Waals surface area contributed by atoms with Crippen LogP contribution in [0, 0.1) is 0 Å². The highest BCUT2D eigenvalue weighted by Crippen LogP contribution is 2.02. The number of ether oxygens (including phenoxy) is 1. The van der Waals surface area contributed by atoms with Crippen LogP contribution < -0.4 is 10.6 Å². The summed E-state index contributed by atoms with van der Waals surface area (Å²) in [5, 5.41) is 5.10. The van der Waals surface area contributed by atoms with Crippen LogP contribution in [0.1, 0.15) is 36.5 Å². The van der Waals surface area contributed by atoms with Crippen molar-refractivity contribution >= 4 is 17.8 Å². The van der Waals surface area contributed by atoms with Gasteiger partial charge in [-0.15, -0.1) is 0 Å². The number of hydrogen-bond donors (Lipinski definition) is 2. The van der Waals surface area contributed by atoms with E-state index < -0.39 is 17.9 Å². The molecular weight excluding hydrogens is 284 g/mol. The normalized spacial score (nSPS) is 11.4. The van der Waals surface area contributed by atoms with E-state index in [0.29, 0.717) is 12.0 Å². The zero-order valence-electron chi connectivity index (χ0n) is 12.9. The molecule has 0 radical (unpaired) electrons. The number of esters is 1. The maximum atomic E-state index is 11.8. The molecule has 0 aliphatic rings. The second-order valence-corrected chi connectivity index (χ2v) is 4.83.